The van der Waals surface area contributed by atoms with Gasteiger partial charge in [0, 0.05) is 18.0 Å². The third-order valence-corrected chi connectivity index (χ3v) is 6.81. The Morgan fingerprint density at radius 2 is 1.94 bits per heavy atom. The summed E-state index contributed by atoms with van der Waals surface area (Å²) in [6.07, 6.45) is 6.61. The van der Waals surface area contributed by atoms with Crippen molar-refractivity contribution in [3.05, 3.63) is 42.0 Å². The molecule has 3 N–H and O–H groups in total. The van der Waals surface area contributed by atoms with E-state index in [0.29, 0.717) is 6.54 Å². The number of hydrogen-bond donors (Lipinski definition) is 3. The van der Waals surface area contributed by atoms with Gasteiger partial charge in [0.15, 0.2) is 0 Å². The molecule has 0 saturated heterocycles. The van der Waals surface area contributed by atoms with Gasteiger partial charge in [0.25, 0.3) is 21.8 Å². The molecule has 1 aromatic rings. The highest BCUT2D eigenvalue weighted by Gasteiger charge is 2.61. The second-order valence-electron chi connectivity index (χ2n) is 9.40. The van der Waals surface area contributed by atoms with Crippen LogP contribution in [-0.2, 0) is 19.6 Å². The van der Waals surface area contributed by atoms with E-state index in [-0.39, 0.29) is 28.7 Å². The number of amides is 3. The Labute approximate surface area is 194 Å². The lowest BCUT2D eigenvalue weighted by atomic mass is 10.1. The predicted molar refractivity (Wildman–Crippen MR) is 122 cm³/mol. The number of carbonyl (C=O) groups excluding carboxylic acids is 3. The van der Waals surface area contributed by atoms with E-state index in [1.54, 1.807) is 20.8 Å². The quantitative estimate of drug-likeness (QED) is 0.533. The summed E-state index contributed by atoms with van der Waals surface area (Å²) in [7, 11) is -4.28. The number of rotatable bonds is 1. The summed E-state index contributed by atoms with van der Waals surface area (Å²) < 4.78 is 33.2. The number of fused-ring (bicyclic) bond motifs is 3. The highest BCUT2D eigenvalue weighted by molar-refractivity contribution is 7.90. The molecule has 2 bridgehead atoms. The Morgan fingerprint density at radius 3 is 2.67 bits per heavy atom. The molecule has 1 saturated carbocycles. The van der Waals surface area contributed by atoms with E-state index < -0.39 is 33.2 Å². The van der Waals surface area contributed by atoms with Gasteiger partial charge in [0.2, 0.25) is 0 Å². The number of benzene rings is 1. The van der Waals surface area contributed by atoms with Gasteiger partial charge in [-0.05, 0) is 64.7 Å². The van der Waals surface area contributed by atoms with Gasteiger partial charge in [0.05, 0.1) is 4.90 Å². The summed E-state index contributed by atoms with van der Waals surface area (Å²) in [5, 5.41) is 5.37. The van der Waals surface area contributed by atoms with Crippen molar-refractivity contribution >= 4 is 27.9 Å². The number of sulfonamides is 1. The topological polar surface area (TPSA) is 131 Å². The first kappa shape index (κ1) is 24.8. The van der Waals surface area contributed by atoms with E-state index in [9.17, 15) is 22.8 Å². The molecule has 1 aliphatic carbocycles. The normalized spacial score (nSPS) is 26.6. The van der Waals surface area contributed by atoms with Crippen molar-refractivity contribution in [2.24, 2.45) is 5.92 Å². The fraction of sp³-hybridized carbons (Fsp3) is 0.522. The van der Waals surface area contributed by atoms with Gasteiger partial charge in [-0.2, -0.15) is 0 Å². The average molecular weight is 478 g/mol. The molecule has 1 aromatic carbocycles. The number of hydrogen-bond acceptors (Lipinski definition) is 6. The molecule has 1 aliphatic heterocycles. The lowest BCUT2D eigenvalue weighted by Crippen LogP contribution is -2.52. The number of ether oxygens (including phenoxy) is 1. The molecule has 2 aliphatic rings. The maximum atomic E-state index is 13.1. The fourth-order valence-electron chi connectivity index (χ4n) is 3.67. The maximum Gasteiger partial charge on any atom is 0.408 e. The predicted octanol–water partition coefficient (Wildman–Crippen LogP) is 2.63. The van der Waals surface area contributed by atoms with Crippen molar-refractivity contribution in [2.75, 3.05) is 6.54 Å². The van der Waals surface area contributed by atoms with Gasteiger partial charge in [-0.25, -0.2) is 17.9 Å². The number of alkyl carbamates (subject to hydrolysis) is 1. The van der Waals surface area contributed by atoms with Crippen molar-refractivity contribution in [3.63, 3.8) is 0 Å². The standard InChI is InChI=1S/C23H31N3O6S/c1-22(2,3)32-21(29)25-23-15-17(23)11-7-5-4-6-8-13-24-19(27)16-10-9-12-18(14-16)33(30,31)26-20(23)28/h7,9-12,14,17H,4-6,8,13,15H2,1-3H3,(H,24,27)(H,25,29)(H,26,28)/b11-7-/t17-,23-/m1/s1. The summed E-state index contributed by atoms with van der Waals surface area (Å²) in [6.45, 7) is 5.58. The Kier molecular flexibility index (Phi) is 7.16. The second kappa shape index (κ2) is 9.54. The highest BCUT2D eigenvalue weighted by atomic mass is 32.2. The van der Waals surface area contributed by atoms with Crippen LogP contribution in [0.4, 0.5) is 4.79 Å². The van der Waals surface area contributed by atoms with Crippen LogP contribution in [0.25, 0.3) is 0 Å². The lowest BCUT2D eigenvalue weighted by molar-refractivity contribution is -0.122. The van der Waals surface area contributed by atoms with Crippen LogP contribution in [0.5, 0.6) is 0 Å². The van der Waals surface area contributed by atoms with Gasteiger partial charge in [0.1, 0.15) is 11.1 Å². The van der Waals surface area contributed by atoms with E-state index in [0.717, 1.165) is 25.7 Å². The minimum absolute atomic E-state index is 0.183. The highest BCUT2D eigenvalue weighted by Crippen LogP contribution is 2.45. The molecule has 0 aromatic heterocycles. The third kappa shape index (κ3) is 6.34. The van der Waals surface area contributed by atoms with Crippen LogP contribution in [0.1, 0.15) is 63.2 Å². The van der Waals surface area contributed by atoms with E-state index in [2.05, 4.69) is 15.4 Å². The molecule has 180 valence electrons. The van der Waals surface area contributed by atoms with Crippen LogP contribution >= 0.6 is 0 Å². The number of allylic oxidation sites excluding steroid dienone is 1. The van der Waals surface area contributed by atoms with Crippen LogP contribution in [0.15, 0.2) is 41.3 Å². The van der Waals surface area contributed by atoms with Gasteiger partial charge in [-0.1, -0.05) is 24.6 Å². The Balaban J connectivity index is 1.90. The van der Waals surface area contributed by atoms with E-state index >= 15 is 0 Å². The van der Waals surface area contributed by atoms with E-state index in [1.807, 2.05) is 12.2 Å². The van der Waals surface area contributed by atoms with Crippen molar-refractivity contribution in [1.82, 2.24) is 15.4 Å². The molecule has 0 radical (unpaired) electrons. The molecule has 0 spiro atoms. The molecule has 9 nitrogen and oxygen atoms in total. The molecule has 0 unspecified atom stereocenters. The first-order chi connectivity index (χ1) is 15.4. The average Bonchev–Trinajstić information content (AvgIpc) is 3.41. The van der Waals surface area contributed by atoms with Crippen molar-refractivity contribution in [2.45, 2.75) is 68.9 Å². The minimum atomic E-state index is -4.28. The zero-order valence-electron chi connectivity index (χ0n) is 19.1. The van der Waals surface area contributed by atoms with Gasteiger partial charge in [-0.15, -0.1) is 0 Å². The van der Waals surface area contributed by atoms with Crippen LogP contribution in [-0.4, -0.2) is 44.0 Å². The molecule has 3 amide bonds. The van der Waals surface area contributed by atoms with Gasteiger partial charge in [-0.3, -0.25) is 9.59 Å². The first-order valence-corrected chi connectivity index (χ1v) is 12.5. The SMILES string of the molecule is CC(C)(C)OC(=O)N[C@]12C[C@H]1/C=C\CCCCCNC(=O)c1cccc(c1)S(=O)(=O)NC2=O. The maximum absolute atomic E-state index is 13.1. The fourth-order valence-corrected chi connectivity index (χ4v) is 4.76. The largest absolute Gasteiger partial charge is 0.444 e. The summed E-state index contributed by atoms with van der Waals surface area (Å²) in [5.74, 6) is -1.58. The van der Waals surface area contributed by atoms with Gasteiger partial charge >= 0.3 is 6.09 Å². The van der Waals surface area contributed by atoms with Crippen LogP contribution in [0.3, 0.4) is 0 Å². The number of carbonyl (C=O) groups is 3. The third-order valence-electron chi connectivity index (χ3n) is 5.48. The monoisotopic (exact) mass is 477 g/mol. The Morgan fingerprint density at radius 1 is 1.18 bits per heavy atom. The summed E-state index contributed by atoms with van der Waals surface area (Å²) >= 11 is 0. The first-order valence-electron chi connectivity index (χ1n) is 11.1. The zero-order chi connectivity index (χ0) is 24.3. The zero-order valence-corrected chi connectivity index (χ0v) is 20.0. The summed E-state index contributed by atoms with van der Waals surface area (Å²) in [4.78, 5) is 37.7. The molecular formula is C23H31N3O6S. The summed E-state index contributed by atoms with van der Waals surface area (Å²) in [6, 6.07) is 5.48. The molecular weight excluding hydrogens is 446 g/mol. The van der Waals surface area contributed by atoms with Crippen LogP contribution in [0.2, 0.25) is 0 Å². The number of nitrogens with one attached hydrogen (secondary N) is 3. The van der Waals surface area contributed by atoms with Gasteiger partial charge < -0.3 is 15.4 Å². The Bertz CT molecular complexity index is 1060. The van der Waals surface area contributed by atoms with E-state index in [1.165, 1.54) is 24.3 Å². The molecule has 2 atom stereocenters. The molecule has 1 heterocycles. The van der Waals surface area contributed by atoms with Crippen LogP contribution in [0, 0.1) is 5.92 Å². The molecule has 33 heavy (non-hydrogen) atoms. The molecule has 3 rings (SSSR count). The smallest absolute Gasteiger partial charge is 0.408 e. The lowest BCUT2D eigenvalue weighted by Gasteiger charge is -2.23. The van der Waals surface area contributed by atoms with Crippen LogP contribution < -0.4 is 15.4 Å². The molecule has 1 fully saturated rings. The van der Waals surface area contributed by atoms with Crippen molar-refractivity contribution < 1.29 is 27.5 Å². The van der Waals surface area contributed by atoms with Crippen molar-refractivity contribution in [1.29, 1.82) is 0 Å². The molecule has 10 heteroatoms. The minimum Gasteiger partial charge on any atom is -0.444 e. The second-order valence-corrected chi connectivity index (χ2v) is 11.1. The Hall–Kier alpha value is -2.88. The van der Waals surface area contributed by atoms with Crippen molar-refractivity contribution in [3.8, 4) is 0 Å². The van der Waals surface area contributed by atoms with E-state index in [4.69, 9.17) is 4.74 Å². The summed E-state index contributed by atoms with van der Waals surface area (Å²) in [5.41, 5.74) is -2.02.